The quantitative estimate of drug-likeness (QED) is 0.339. The van der Waals surface area contributed by atoms with E-state index in [9.17, 15) is 9.59 Å². The van der Waals surface area contributed by atoms with Crippen molar-refractivity contribution < 1.29 is 19.1 Å². The number of nitrogens with zero attached hydrogens (tertiary/aromatic N) is 1. The number of carbonyl (C=O) groups excluding carboxylic acids is 2. The van der Waals surface area contributed by atoms with Gasteiger partial charge >= 0.3 is 5.97 Å². The van der Waals surface area contributed by atoms with Gasteiger partial charge in [0.15, 0.2) is 0 Å². The van der Waals surface area contributed by atoms with Gasteiger partial charge in [0.2, 0.25) is 5.91 Å². The molecular weight excluding hydrogens is 236 g/mol. The third-order valence-corrected chi connectivity index (χ3v) is 3.23. The highest BCUT2D eigenvalue weighted by Gasteiger charge is 2.39. The minimum absolute atomic E-state index is 0.00307. The topological polar surface area (TPSA) is 67.9 Å². The molecule has 18 heavy (non-hydrogen) atoms. The zero-order valence-electron chi connectivity index (χ0n) is 10.4. The molecule has 0 spiro atoms. The fraction of sp³-hybridized carbons (Fsp3) is 0.667. The van der Waals surface area contributed by atoms with Crippen molar-refractivity contribution in [2.75, 3.05) is 26.8 Å². The minimum atomic E-state index is -0.573. The van der Waals surface area contributed by atoms with E-state index < -0.39 is 5.97 Å². The lowest BCUT2D eigenvalue weighted by Crippen LogP contribution is -2.63. The largest absolute Gasteiger partial charge is 0.459 e. The van der Waals surface area contributed by atoms with Crippen molar-refractivity contribution in [1.82, 2.24) is 10.2 Å². The Kier molecular flexibility index (Phi) is 3.84. The Labute approximate surface area is 106 Å². The van der Waals surface area contributed by atoms with Crippen molar-refractivity contribution in [2.24, 2.45) is 5.92 Å². The first-order valence-corrected chi connectivity index (χ1v) is 5.86. The van der Waals surface area contributed by atoms with Gasteiger partial charge < -0.3 is 19.7 Å². The second kappa shape index (κ2) is 5.38. The highest BCUT2D eigenvalue weighted by Crippen LogP contribution is 2.23. The Hall–Kier alpha value is -1.58. The second-order valence-corrected chi connectivity index (χ2v) is 4.33. The van der Waals surface area contributed by atoms with Gasteiger partial charge in [-0.1, -0.05) is 5.92 Å². The van der Waals surface area contributed by atoms with Crippen LogP contribution in [0.2, 0.25) is 0 Å². The highest BCUT2D eigenvalue weighted by molar-refractivity contribution is 5.88. The van der Waals surface area contributed by atoms with E-state index in [0.717, 1.165) is 0 Å². The van der Waals surface area contributed by atoms with Crippen LogP contribution in [-0.4, -0.2) is 55.9 Å². The van der Waals surface area contributed by atoms with Crippen LogP contribution in [0.3, 0.4) is 0 Å². The van der Waals surface area contributed by atoms with Crippen molar-refractivity contribution in [2.45, 2.75) is 19.2 Å². The monoisotopic (exact) mass is 252 g/mol. The molecule has 1 N–H and O–H groups in total. The zero-order valence-corrected chi connectivity index (χ0v) is 10.4. The lowest BCUT2D eigenvalue weighted by Gasteiger charge is -2.45. The summed E-state index contributed by atoms with van der Waals surface area (Å²) in [6.07, 6.45) is -0.225. The molecule has 0 radical (unpaired) electrons. The standard InChI is InChI=1S/C12H16N2O4/c1-8-9(3-4-12(16)17-2)7-18-11-6-13-5-10(15)14(8)11/h8-9,11,13H,5-7H2,1-2H3/t8-,9?,11+/m1/s1. The van der Waals surface area contributed by atoms with Crippen molar-refractivity contribution in [3.8, 4) is 11.8 Å². The van der Waals surface area contributed by atoms with Gasteiger partial charge in [0.05, 0.1) is 26.2 Å². The van der Waals surface area contributed by atoms with Crippen LogP contribution in [0.4, 0.5) is 0 Å². The van der Waals surface area contributed by atoms with E-state index in [1.807, 2.05) is 6.92 Å². The second-order valence-electron chi connectivity index (χ2n) is 4.33. The molecule has 2 aliphatic heterocycles. The third kappa shape index (κ3) is 2.47. The number of fused-ring (bicyclic) bond motifs is 1. The van der Waals surface area contributed by atoms with E-state index in [2.05, 4.69) is 21.9 Å². The van der Waals surface area contributed by atoms with Gasteiger partial charge in [-0.15, -0.1) is 0 Å². The molecule has 98 valence electrons. The summed E-state index contributed by atoms with van der Waals surface area (Å²) in [7, 11) is 1.29. The highest BCUT2D eigenvalue weighted by atomic mass is 16.5. The van der Waals surface area contributed by atoms with Crippen LogP contribution in [-0.2, 0) is 19.1 Å². The van der Waals surface area contributed by atoms with Crippen LogP contribution >= 0.6 is 0 Å². The van der Waals surface area contributed by atoms with E-state index in [1.54, 1.807) is 4.90 Å². The Morgan fingerprint density at radius 2 is 2.39 bits per heavy atom. The number of ether oxygens (including phenoxy) is 2. The molecular formula is C12H16N2O4. The predicted molar refractivity (Wildman–Crippen MR) is 62.2 cm³/mol. The maximum absolute atomic E-state index is 11.8. The van der Waals surface area contributed by atoms with Gasteiger partial charge in [0.1, 0.15) is 6.23 Å². The number of methoxy groups -OCH3 is 1. The molecule has 0 aromatic heterocycles. The van der Waals surface area contributed by atoms with Gasteiger partial charge in [0.25, 0.3) is 0 Å². The van der Waals surface area contributed by atoms with Crippen LogP contribution in [0.15, 0.2) is 0 Å². The molecule has 6 nitrogen and oxygen atoms in total. The number of carbonyl (C=O) groups is 2. The van der Waals surface area contributed by atoms with Crippen LogP contribution < -0.4 is 5.32 Å². The summed E-state index contributed by atoms with van der Waals surface area (Å²) in [6, 6.07) is -0.0597. The molecule has 0 aromatic carbocycles. The Balaban J connectivity index is 2.09. The Morgan fingerprint density at radius 3 is 3.11 bits per heavy atom. The number of esters is 1. The number of piperazine rings is 1. The SMILES string of the molecule is COC(=O)C#CC1CO[C@H]2CNCC(=O)N2[C@@H]1C. The van der Waals surface area contributed by atoms with E-state index >= 15 is 0 Å². The molecule has 1 amide bonds. The average molecular weight is 252 g/mol. The van der Waals surface area contributed by atoms with E-state index in [0.29, 0.717) is 19.7 Å². The average Bonchev–Trinajstić information content (AvgIpc) is 2.37. The van der Waals surface area contributed by atoms with E-state index in [1.165, 1.54) is 7.11 Å². The molecule has 6 heteroatoms. The van der Waals surface area contributed by atoms with Crippen molar-refractivity contribution >= 4 is 11.9 Å². The molecule has 0 bridgehead atoms. The lowest BCUT2D eigenvalue weighted by molar-refractivity contribution is -0.173. The molecule has 1 unspecified atom stereocenters. The molecule has 2 rings (SSSR count). The number of hydrogen-bond donors (Lipinski definition) is 1. The van der Waals surface area contributed by atoms with Crippen molar-refractivity contribution in [3.05, 3.63) is 0 Å². The van der Waals surface area contributed by atoms with Crippen LogP contribution in [0.5, 0.6) is 0 Å². The Morgan fingerprint density at radius 1 is 1.61 bits per heavy atom. The summed E-state index contributed by atoms with van der Waals surface area (Å²) < 4.78 is 10.0. The van der Waals surface area contributed by atoms with Gasteiger partial charge in [0, 0.05) is 18.5 Å². The third-order valence-electron chi connectivity index (χ3n) is 3.23. The first kappa shape index (κ1) is 12.9. The maximum atomic E-state index is 11.8. The van der Waals surface area contributed by atoms with Gasteiger partial charge in [-0.05, 0) is 6.92 Å². The zero-order chi connectivity index (χ0) is 13.1. The molecule has 0 aromatic rings. The summed E-state index contributed by atoms with van der Waals surface area (Å²) in [5.74, 6) is 4.48. The van der Waals surface area contributed by atoms with Crippen LogP contribution in [0.25, 0.3) is 0 Å². The molecule has 3 atom stereocenters. The number of rotatable bonds is 0. The molecule has 2 heterocycles. The lowest BCUT2D eigenvalue weighted by atomic mass is 9.98. The summed E-state index contributed by atoms with van der Waals surface area (Å²) in [5, 5.41) is 3.00. The molecule has 0 saturated carbocycles. The summed E-state index contributed by atoms with van der Waals surface area (Å²) in [5.41, 5.74) is 0. The van der Waals surface area contributed by atoms with Gasteiger partial charge in [-0.2, -0.15) is 0 Å². The predicted octanol–water partition coefficient (Wildman–Crippen LogP) is -1.04. The first-order chi connectivity index (χ1) is 8.63. The molecule has 2 fully saturated rings. The van der Waals surface area contributed by atoms with Crippen molar-refractivity contribution in [1.29, 1.82) is 0 Å². The summed E-state index contributed by atoms with van der Waals surface area (Å²) in [4.78, 5) is 24.5. The number of hydrogen-bond acceptors (Lipinski definition) is 5. The van der Waals surface area contributed by atoms with Crippen molar-refractivity contribution in [3.63, 3.8) is 0 Å². The maximum Gasteiger partial charge on any atom is 0.384 e. The number of nitrogens with one attached hydrogen (secondary N) is 1. The fourth-order valence-electron chi connectivity index (χ4n) is 2.19. The smallest absolute Gasteiger partial charge is 0.384 e. The van der Waals surface area contributed by atoms with E-state index in [4.69, 9.17) is 4.74 Å². The molecule has 2 aliphatic rings. The molecule has 0 aliphatic carbocycles. The van der Waals surface area contributed by atoms with Gasteiger partial charge in [-0.25, -0.2) is 4.79 Å². The van der Waals surface area contributed by atoms with E-state index in [-0.39, 0.29) is 24.1 Å². The van der Waals surface area contributed by atoms with Gasteiger partial charge in [-0.3, -0.25) is 4.79 Å². The Bertz CT molecular complexity index is 412. The number of amides is 1. The molecule has 2 saturated heterocycles. The van der Waals surface area contributed by atoms with Crippen LogP contribution in [0, 0.1) is 17.8 Å². The minimum Gasteiger partial charge on any atom is -0.459 e. The fourth-order valence-corrected chi connectivity index (χ4v) is 2.19. The normalized spacial score (nSPS) is 31.1. The first-order valence-electron chi connectivity index (χ1n) is 5.86. The van der Waals surface area contributed by atoms with Crippen LogP contribution in [0.1, 0.15) is 6.92 Å². The summed E-state index contributed by atoms with van der Waals surface area (Å²) in [6.45, 7) is 3.30. The summed E-state index contributed by atoms with van der Waals surface area (Å²) >= 11 is 0.